The van der Waals surface area contributed by atoms with E-state index in [1.165, 1.54) is 0 Å². The average Bonchev–Trinajstić information content (AvgIpc) is 2.45. The van der Waals surface area contributed by atoms with Crippen LogP contribution >= 0.6 is 0 Å². The maximum Gasteiger partial charge on any atom is 0.351 e. The molecule has 0 saturated carbocycles. The molecule has 0 bridgehead atoms. The van der Waals surface area contributed by atoms with E-state index in [1.807, 2.05) is 0 Å². The molecule has 0 amide bonds. The molecular weight excluding hydrogens is 272 g/mol. The Morgan fingerprint density at radius 3 is 1.70 bits per heavy atom. The highest BCUT2D eigenvalue weighted by atomic mass is 16.6. The van der Waals surface area contributed by atoms with Crippen LogP contribution in [0.3, 0.4) is 0 Å². The van der Waals surface area contributed by atoms with Crippen molar-refractivity contribution in [3.63, 3.8) is 0 Å². The van der Waals surface area contributed by atoms with E-state index in [4.69, 9.17) is 4.74 Å². The molecule has 0 aromatic heterocycles. The molecule has 8 heteroatoms. The van der Waals surface area contributed by atoms with Crippen LogP contribution in [0.25, 0.3) is 0 Å². The molecule has 0 radical (unpaired) electrons. The molecule has 0 saturated heterocycles. The Morgan fingerprint density at radius 1 is 0.950 bits per heavy atom. The Morgan fingerprint density at radius 2 is 1.40 bits per heavy atom. The number of carbonyl (C=O) groups is 4. The summed E-state index contributed by atoms with van der Waals surface area (Å²) in [5.41, 5.74) is -2.15. The molecule has 0 atom stereocenters. The predicted molar refractivity (Wildman–Crippen MR) is 64.3 cm³/mol. The summed E-state index contributed by atoms with van der Waals surface area (Å²) >= 11 is 0. The smallest absolute Gasteiger partial charge is 0.351 e. The number of ether oxygens (including phenoxy) is 4. The predicted octanol–water partition coefficient (Wildman–Crippen LogP) is -0.246. The summed E-state index contributed by atoms with van der Waals surface area (Å²) in [5, 5.41) is 0. The molecule has 0 aliphatic heterocycles. The van der Waals surface area contributed by atoms with Crippen LogP contribution < -0.4 is 0 Å². The second-order valence-electron chi connectivity index (χ2n) is 3.62. The van der Waals surface area contributed by atoms with E-state index in [0.717, 1.165) is 27.4 Å². The van der Waals surface area contributed by atoms with Gasteiger partial charge in [0.25, 0.3) is 0 Å². The molecule has 0 heterocycles. The highest BCUT2D eigenvalue weighted by Crippen LogP contribution is 2.25. The standard InChI is InChI=1S/C12H16O8/c1-5-8(13)20-12(11(16)19-4,6-9(14)17-2)7-10(15)18-3/h5H,1,6-7H2,2-4H3. The van der Waals surface area contributed by atoms with E-state index >= 15 is 0 Å². The molecular formula is C12H16O8. The summed E-state index contributed by atoms with van der Waals surface area (Å²) in [6, 6.07) is 0. The van der Waals surface area contributed by atoms with Gasteiger partial charge in [-0.3, -0.25) is 9.59 Å². The topological polar surface area (TPSA) is 105 Å². The number of hydrogen-bond acceptors (Lipinski definition) is 8. The lowest BCUT2D eigenvalue weighted by atomic mass is 9.95. The van der Waals surface area contributed by atoms with Crippen LogP contribution in [0.5, 0.6) is 0 Å². The summed E-state index contributed by atoms with van der Waals surface area (Å²) in [7, 11) is 3.18. The molecule has 112 valence electrons. The van der Waals surface area contributed by atoms with Gasteiger partial charge in [0.2, 0.25) is 5.60 Å². The molecule has 0 N–H and O–H groups in total. The van der Waals surface area contributed by atoms with Gasteiger partial charge < -0.3 is 18.9 Å². The lowest BCUT2D eigenvalue weighted by molar-refractivity contribution is -0.186. The summed E-state index contributed by atoms with van der Waals surface area (Å²) in [4.78, 5) is 46.0. The number of methoxy groups -OCH3 is 3. The van der Waals surface area contributed by atoms with Gasteiger partial charge in [0.1, 0.15) is 0 Å². The Bertz CT molecular complexity index is 394. The lowest BCUT2D eigenvalue weighted by Crippen LogP contribution is -2.48. The summed E-state index contributed by atoms with van der Waals surface area (Å²) in [6.45, 7) is 3.17. The van der Waals surface area contributed by atoms with E-state index in [1.54, 1.807) is 0 Å². The molecule has 0 aromatic rings. The minimum absolute atomic E-state index is 0.690. The molecule has 0 aliphatic rings. The highest BCUT2D eigenvalue weighted by Gasteiger charge is 2.48. The van der Waals surface area contributed by atoms with Crippen LogP contribution in [-0.4, -0.2) is 50.8 Å². The van der Waals surface area contributed by atoms with Crippen molar-refractivity contribution < 1.29 is 38.1 Å². The van der Waals surface area contributed by atoms with Crippen molar-refractivity contribution in [1.29, 1.82) is 0 Å². The van der Waals surface area contributed by atoms with Crippen molar-refractivity contribution in [3.8, 4) is 0 Å². The quantitative estimate of drug-likeness (QED) is 0.359. The zero-order chi connectivity index (χ0) is 15.8. The molecule has 20 heavy (non-hydrogen) atoms. The average molecular weight is 288 g/mol. The molecule has 0 aromatic carbocycles. The first-order valence-corrected chi connectivity index (χ1v) is 5.42. The van der Waals surface area contributed by atoms with E-state index < -0.39 is 42.3 Å². The first-order valence-electron chi connectivity index (χ1n) is 5.42. The number of esters is 4. The molecule has 0 rings (SSSR count). The van der Waals surface area contributed by atoms with Crippen LogP contribution in [-0.2, 0) is 38.1 Å². The zero-order valence-electron chi connectivity index (χ0n) is 11.5. The zero-order valence-corrected chi connectivity index (χ0v) is 11.5. The molecule has 0 spiro atoms. The van der Waals surface area contributed by atoms with Gasteiger partial charge in [0, 0.05) is 6.08 Å². The largest absolute Gasteiger partial charge is 0.469 e. The van der Waals surface area contributed by atoms with Crippen LogP contribution in [0, 0.1) is 0 Å². The van der Waals surface area contributed by atoms with Crippen molar-refractivity contribution in [2.24, 2.45) is 0 Å². The summed E-state index contributed by atoms with van der Waals surface area (Å²) in [5.74, 6) is -3.81. The van der Waals surface area contributed by atoms with Crippen molar-refractivity contribution in [3.05, 3.63) is 12.7 Å². The monoisotopic (exact) mass is 288 g/mol. The third kappa shape index (κ3) is 4.71. The maximum absolute atomic E-state index is 11.8. The Hall–Kier alpha value is -2.38. The second-order valence-corrected chi connectivity index (χ2v) is 3.62. The van der Waals surface area contributed by atoms with Gasteiger partial charge in [-0.05, 0) is 0 Å². The Balaban J connectivity index is 5.54. The van der Waals surface area contributed by atoms with E-state index in [-0.39, 0.29) is 0 Å². The van der Waals surface area contributed by atoms with Crippen molar-refractivity contribution in [1.82, 2.24) is 0 Å². The molecule has 0 unspecified atom stereocenters. The molecule has 8 nitrogen and oxygen atoms in total. The van der Waals surface area contributed by atoms with E-state index in [9.17, 15) is 19.2 Å². The van der Waals surface area contributed by atoms with Crippen LogP contribution in [0.15, 0.2) is 12.7 Å². The number of carbonyl (C=O) groups excluding carboxylic acids is 4. The van der Waals surface area contributed by atoms with Crippen LogP contribution in [0.1, 0.15) is 12.8 Å². The van der Waals surface area contributed by atoms with Gasteiger partial charge in [0.05, 0.1) is 34.2 Å². The normalized spacial score (nSPS) is 10.2. The van der Waals surface area contributed by atoms with Crippen molar-refractivity contribution in [2.45, 2.75) is 18.4 Å². The first-order chi connectivity index (χ1) is 9.34. The maximum atomic E-state index is 11.8. The van der Waals surface area contributed by atoms with E-state index in [0.29, 0.717) is 0 Å². The molecule has 0 aliphatic carbocycles. The summed E-state index contributed by atoms with van der Waals surface area (Å²) in [6.07, 6.45) is -0.595. The third-order valence-electron chi connectivity index (χ3n) is 2.34. The number of hydrogen-bond donors (Lipinski definition) is 0. The fourth-order valence-electron chi connectivity index (χ4n) is 1.35. The lowest BCUT2D eigenvalue weighted by Gasteiger charge is -2.28. The van der Waals surface area contributed by atoms with Gasteiger partial charge in [0.15, 0.2) is 0 Å². The van der Waals surface area contributed by atoms with E-state index in [2.05, 4.69) is 20.8 Å². The SMILES string of the molecule is C=CC(=O)OC(CC(=O)OC)(CC(=O)OC)C(=O)OC. The highest BCUT2D eigenvalue weighted by molar-refractivity contribution is 5.93. The van der Waals surface area contributed by atoms with Gasteiger partial charge in [-0.1, -0.05) is 6.58 Å². The van der Waals surface area contributed by atoms with Gasteiger partial charge in [-0.25, -0.2) is 9.59 Å². The van der Waals surface area contributed by atoms with Crippen LogP contribution in [0.2, 0.25) is 0 Å². The van der Waals surface area contributed by atoms with Crippen molar-refractivity contribution in [2.75, 3.05) is 21.3 Å². The third-order valence-corrected chi connectivity index (χ3v) is 2.34. The van der Waals surface area contributed by atoms with Gasteiger partial charge in [-0.2, -0.15) is 0 Å². The fourth-order valence-corrected chi connectivity index (χ4v) is 1.35. The number of rotatable bonds is 7. The minimum Gasteiger partial charge on any atom is -0.469 e. The van der Waals surface area contributed by atoms with Gasteiger partial charge >= 0.3 is 23.9 Å². The van der Waals surface area contributed by atoms with Crippen LogP contribution in [0.4, 0.5) is 0 Å². The first kappa shape index (κ1) is 17.6. The summed E-state index contributed by atoms with van der Waals surface area (Å²) < 4.78 is 18.2. The second kappa shape index (κ2) is 7.93. The van der Waals surface area contributed by atoms with Gasteiger partial charge in [-0.15, -0.1) is 0 Å². The molecule has 0 fully saturated rings. The fraction of sp³-hybridized carbons (Fsp3) is 0.500. The minimum atomic E-state index is -2.15. The van der Waals surface area contributed by atoms with Crippen molar-refractivity contribution >= 4 is 23.9 Å². The Labute approximate surface area is 115 Å². The Kier molecular flexibility index (Phi) is 6.98.